The lowest BCUT2D eigenvalue weighted by atomic mass is 9.88. The first-order valence-corrected chi connectivity index (χ1v) is 8.08. The van der Waals surface area contributed by atoms with Gasteiger partial charge < -0.3 is 9.88 Å². The number of nitrogens with zero attached hydrogens (tertiary/aromatic N) is 3. The fourth-order valence-electron chi connectivity index (χ4n) is 2.68. The van der Waals surface area contributed by atoms with Crippen molar-refractivity contribution in [2.24, 2.45) is 7.05 Å². The largest absolute Gasteiger partial charge is 0.313 e. The van der Waals surface area contributed by atoms with E-state index in [1.807, 2.05) is 11.6 Å². The van der Waals surface area contributed by atoms with Crippen LogP contribution in [0, 0.1) is 0 Å². The molecular formula is C15H20N4S. The zero-order valence-corrected chi connectivity index (χ0v) is 12.6. The lowest BCUT2D eigenvalue weighted by molar-refractivity contribution is 0.472. The summed E-state index contributed by atoms with van der Waals surface area (Å²) in [6.07, 6.45) is 5.34. The zero-order chi connectivity index (χ0) is 13.8. The van der Waals surface area contributed by atoms with Gasteiger partial charge in [0.25, 0.3) is 0 Å². The highest BCUT2D eigenvalue weighted by Gasteiger charge is 2.17. The summed E-state index contributed by atoms with van der Waals surface area (Å²) in [4.78, 5) is 0. The first kappa shape index (κ1) is 13.6. The van der Waals surface area contributed by atoms with Crippen LogP contribution in [0.3, 0.4) is 0 Å². The van der Waals surface area contributed by atoms with Gasteiger partial charge in [0.2, 0.25) is 0 Å². The minimum absolute atomic E-state index is 0.616. The van der Waals surface area contributed by atoms with E-state index in [0.717, 1.165) is 23.9 Å². The van der Waals surface area contributed by atoms with Crippen LogP contribution >= 0.6 is 11.8 Å². The van der Waals surface area contributed by atoms with Crippen LogP contribution in [0.15, 0.2) is 35.7 Å². The number of benzene rings is 1. The average molecular weight is 288 g/mol. The summed E-state index contributed by atoms with van der Waals surface area (Å²) in [7, 11) is 1.98. The summed E-state index contributed by atoms with van der Waals surface area (Å²) in [6.45, 7) is 1.02. The topological polar surface area (TPSA) is 42.7 Å². The van der Waals surface area contributed by atoms with Crippen LogP contribution in [0.4, 0.5) is 0 Å². The van der Waals surface area contributed by atoms with Gasteiger partial charge in [0.1, 0.15) is 6.33 Å². The molecule has 0 radical (unpaired) electrons. The van der Waals surface area contributed by atoms with Crippen LogP contribution in [0.5, 0.6) is 0 Å². The second kappa shape index (κ2) is 6.41. The van der Waals surface area contributed by atoms with Gasteiger partial charge in [0, 0.05) is 25.4 Å². The van der Waals surface area contributed by atoms with Gasteiger partial charge in [-0.05, 0) is 30.4 Å². The molecule has 20 heavy (non-hydrogen) atoms. The fourth-order valence-corrected chi connectivity index (χ4v) is 3.44. The van der Waals surface area contributed by atoms with Crippen LogP contribution < -0.4 is 5.32 Å². The van der Waals surface area contributed by atoms with E-state index in [2.05, 4.69) is 39.8 Å². The highest BCUT2D eigenvalue weighted by molar-refractivity contribution is 7.99. The molecule has 0 fully saturated rings. The van der Waals surface area contributed by atoms with Crippen molar-refractivity contribution in [3.63, 3.8) is 0 Å². The van der Waals surface area contributed by atoms with Crippen molar-refractivity contribution in [2.45, 2.75) is 30.5 Å². The van der Waals surface area contributed by atoms with Gasteiger partial charge in [-0.2, -0.15) is 0 Å². The number of fused-ring (bicyclic) bond motifs is 1. The average Bonchev–Trinajstić information content (AvgIpc) is 2.89. The Morgan fingerprint density at radius 1 is 1.35 bits per heavy atom. The smallest absolute Gasteiger partial charge is 0.190 e. The first-order valence-electron chi connectivity index (χ1n) is 7.10. The molecule has 1 aliphatic carbocycles. The zero-order valence-electron chi connectivity index (χ0n) is 11.7. The molecule has 0 saturated carbocycles. The van der Waals surface area contributed by atoms with Gasteiger partial charge >= 0.3 is 0 Å². The summed E-state index contributed by atoms with van der Waals surface area (Å²) >= 11 is 1.75. The summed E-state index contributed by atoms with van der Waals surface area (Å²) < 4.78 is 1.96. The molecule has 4 nitrogen and oxygen atoms in total. The number of aryl methyl sites for hydroxylation is 2. The molecule has 1 aromatic heterocycles. The Labute approximate surface area is 124 Å². The van der Waals surface area contributed by atoms with Crippen molar-refractivity contribution in [1.29, 1.82) is 0 Å². The van der Waals surface area contributed by atoms with Crippen molar-refractivity contribution in [3.05, 3.63) is 41.7 Å². The third-order valence-electron chi connectivity index (χ3n) is 3.78. The number of rotatable bonds is 5. The third kappa shape index (κ3) is 3.22. The Balaban J connectivity index is 1.43. The summed E-state index contributed by atoms with van der Waals surface area (Å²) in [5, 5.41) is 12.6. The van der Waals surface area contributed by atoms with Crippen LogP contribution in [0.25, 0.3) is 0 Å². The van der Waals surface area contributed by atoms with E-state index in [9.17, 15) is 0 Å². The quantitative estimate of drug-likeness (QED) is 0.675. The maximum Gasteiger partial charge on any atom is 0.190 e. The van der Waals surface area contributed by atoms with Crippen LogP contribution in [0.2, 0.25) is 0 Å². The van der Waals surface area contributed by atoms with E-state index in [0.29, 0.717) is 6.04 Å². The molecule has 1 atom stereocenters. The van der Waals surface area contributed by atoms with Crippen molar-refractivity contribution in [1.82, 2.24) is 20.1 Å². The molecule has 1 aromatic carbocycles. The minimum Gasteiger partial charge on any atom is -0.313 e. The molecule has 0 bridgehead atoms. The van der Waals surface area contributed by atoms with E-state index in [1.165, 1.54) is 24.0 Å². The molecule has 106 valence electrons. The lowest BCUT2D eigenvalue weighted by Crippen LogP contribution is -2.35. The monoisotopic (exact) mass is 288 g/mol. The van der Waals surface area contributed by atoms with E-state index in [4.69, 9.17) is 0 Å². The molecule has 0 aliphatic heterocycles. The maximum absolute atomic E-state index is 4.08. The number of aromatic nitrogens is 3. The SMILES string of the molecule is Cn1cnnc1SCCNC1CCc2ccccc2C1. The van der Waals surface area contributed by atoms with E-state index in [1.54, 1.807) is 18.1 Å². The van der Waals surface area contributed by atoms with Gasteiger partial charge in [-0.3, -0.25) is 0 Å². The molecule has 2 aromatic rings. The van der Waals surface area contributed by atoms with Crippen LogP contribution in [-0.2, 0) is 19.9 Å². The highest BCUT2D eigenvalue weighted by atomic mass is 32.2. The summed E-state index contributed by atoms with van der Waals surface area (Å²) in [5.41, 5.74) is 3.04. The van der Waals surface area contributed by atoms with Crippen molar-refractivity contribution in [2.75, 3.05) is 12.3 Å². The van der Waals surface area contributed by atoms with E-state index >= 15 is 0 Å². The summed E-state index contributed by atoms with van der Waals surface area (Å²) in [5.74, 6) is 1.03. The van der Waals surface area contributed by atoms with Gasteiger partial charge in [0.15, 0.2) is 5.16 Å². The van der Waals surface area contributed by atoms with Gasteiger partial charge in [0.05, 0.1) is 0 Å². The Hall–Kier alpha value is -1.33. The van der Waals surface area contributed by atoms with Gasteiger partial charge in [-0.1, -0.05) is 36.0 Å². The molecule has 0 spiro atoms. The fraction of sp³-hybridized carbons (Fsp3) is 0.467. The van der Waals surface area contributed by atoms with Gasteiger partial charge in [-0.15, -0.1) is 10.2 Å². The van der Waals surface area contributed by atoms with Gasteiger partial charge in [-0.25, -0.2) is 0 Å². The molecule has 1 aliphatic rings. The van der Waals surface area contributed by atoms with Crippen LogP contribution in [-0.4, -0.2) is 33.1 Å². The lowest BCUT2D eigenvalue weighted by Gasteiger charge is -2.25. The first-order chi connectivity index (χ1) is 9.83. The third-order valence-corrected chi connectivity index (χ3v) is 4.82. The van der Waals surface area contributed by atoms with Crippen molar-refractivity contribution >= 4 is 11.8 Å². The molecule has 0 amide bonds. The normalized spacial score (nSPS) is 17.9. The molecule has 1 unspecified atom stereocenters. The van der Waals surface area contributed by atoms with E-state index < -0.39 is 0 Å². The molecule has 1 heterocycles. The standard InChI is InChI=1S/C15H20N4S/c1-19-11-17-18-15(19)20-9-8-16-14-7-6-12-4-2-3-5-13(12)10-14/h2-5,11,14,16H,6-10H2,1H3. The maximum atomic E-state index is 4.08. The molecule has 1 N–H and O–H groups in total. The number of nitrogens with one attached hydrogen (secondary N) is 1. The molecule has 0 saturated heterocycles. The second-order valence-electron chi connectivity index (χ2n) is 5.24. The molecule has 3 rings (SSSR count). The molecular weight excluding hydrogens is 268 g/mol. The van der Waals surface area contributed by atoms with Crippen molar-refractivity contribution < 1.29 is 0 Å². The van der Waals surface area contributed by atoms with Crippen LogP contribution in [0.1, 0.15) is 17.5 Å². The minimum atomic E-state index is 0.616. The Morgan fingerprint density at radius 2 is 2.20 bits per heavy atom. The van der Waals surface area contributed by atoms with E-state index in [-0.39, 0.29) is 0 Å². The van der Waals surface area contributed by atoms with Crippen molar-refractivity contribution in [3.8, 4) is 0 Å². The number of thioether (sulfide) groups is 1. The second-order valence-corrected chi connectivity index (χ2v) is 6.30. The number of hydrogen-bond acceptors (Lipinski definition) is 4. The Kier molecular flexibility index (Phi) is 4.38. The predicted molar refractivity (Wildman–Crippen MR) is 82.0 cm³/mol. The summed E-state index contributed by atoms with van der Waals surface area (Å²) in [6, 6.07) is 9.42. The Bertz CT molecular complexity index is 567. The number of hydrogen-bond donors (Lipinski definition) is 1. The predicted octanol–water partition coefficient (Wildman–Crippen LogP) is 2.05. The highest BCUT2D eigenvalue weighted by Crippen LogP contribution is 2.21. The molecule has 5 heteroatoms. The Morgan fingerprint density at radius 3 is 3.00 bits per heavy atom.